The SMILES string of the molecule is O=C(NC[C@H]1CN(c2cc(F)c(N3CCNN(C(=O)CNCC4=CNNN4)CC3)c(F)c2)C(=O)O1)C(F)F. The van der Waals surface area contributed by atoms with E-state index in [0.29, 0.717) is 6.54 Å². The Morgan fingerprint density at radius 2 is 1.92 bits per heavy atom. The Morgan fingerprint density at radius 3 is 2.61 bits per heavy atom. The number of nitrogens with one attached hydrogen (secondary N) is 6. The summed E-state index contributed by atoms with van der Waals surface area (Å²) in [5.41, 5.74) is 11.6. The highest BCUT2D eigenvalue weighted by molar-refractivity contribution is 5.90. The fourth-order valence-electron chi connectivity index (χ4n) is 4.08. The zero-order valence-electron chi connectivity index (χ0n) is 20.0. The van der Waals surface area contributed by atoms with Crippen LogP contribution < -0.4 is 42.2 Å². The van der Waals surface area contributed by atoms with Gasteiger partial charge in [0.2, 0.25) is 0 Å². The summed E-state index contributed by atoms with van der Waals surface area (Å²) in [7, 11) is 0. The van der Waals surface area contributed by atoms with Crippen molar-refractivity contribution in [3.63, 3.8) is 0 Å². The van der Waals surface area contributed by atoms with Crippen LogP contribution in [-0.2, 0) is 14.3 Å². The van der Waals surface area contributed by atoms with E-state index in [0.717, 1.165) is 22.7 Å². The molecule has 0 spiro atoms. The van der Waals surface area contributed by atoms with Gasteiger partial charge in [0.15, 0.2) is 11.6 Å². The maximum absolute atomic E-state index is 15.1. The summed E-state index contributed by atoms with van der Waals surface area (Å²) in [4.78, 5) is 38.2. The molecule has 3 amide bonds. The first-order chi connectivity index (χ1) is 18.2. The first kappa shape index (κ1) is 27.2. The van der Waals surface area contributed by atoms with Gasteiger partial charge in [-0.1, -0.05) is 0 Å². The Balaban J connectivity index is 1.33. The average Bonchev–Trinajstić information content (AvgIpc) is 3.45. The molecule has 4 rings (SSSR count). The van der Waals surface area contributed by atoms with Crippen molar-refractivity contribution in [2.45, 2.75) is 12.5 Å². The third-order valence-corrected chi connectivity index (χ3v) is 5.92. The minimum absolute atomic E-state index is 0.0438. The fraction of sp³-hybridized carbons (Fsp3) is 0.476. The quantitative estimate of drug-likeness (QED) is 0.211. The van der Waals surface area contributed by atoms with Crippen molar-refractivity contribution in [2.75, 3.05) is 62.2 Å². The first-order valence-electron chi connectivity index (χ1n) is 11.7. The van der Waals surface area contributed by atoms with Gasteiger partial charge in [0.05, 0.1) is 37.6 Å². The number of ether oxygens (including phenoxy) is 1. The highest BCUT2D eigenvalue weighted by Crippen LogP contribution is 2.31. The second kappa shape index (κ2) is 12.1. The average molecular weight is 545 g/mol. The Kier molecular flexibility index (Phi) is 8.70. The minimum Gasteiger partial charge on any atom is -0.442 e. The lowest BCUT2D eigenvalue weighted by molar-refractivity contribution is -0.133. The molecule has 1 atom stereocenters. The number of halogens is 4. The van der Waals surface area contributed by atoms with Crippen molar-refractivity contribution in [3.8, 4) is 0 Å². The second-order valence-corrected chi connectivity index (χ2v) is 8.53. The number of cyclic esters (lactones) is 1. The van der Waals surface area contributed by atoms with Gasteiger partial charge in [0.1, 0.15) is 11.8 Å². The van der Waals surface area contributed by atoms with Crippen LogP contribution in [-0.4, -0.2) is 87.8 Å². The molecule has 3 heterocycles. The Morgan fingerprint density at radius 1 is 1.16 bits per heavy atom. The topological polar surface area (TPSA) is 142 Å². The number of anilines is 2. The number of rotatable bonds is 9. The van der Waals surface area contributed by atoms with E-state index in [9.17, 15) is 23.2 Å². The first-order valence-corrected chi connectivity index (χ1v) is 11.7. The molecule has 2 saturated heterocycles. The van der Waals surface area contributed by atoms with Gasteiger partial charge in [-0.3, -0.25) is 19.5 Å². The van der Waals surface area contributed by atoms with Gasteiger partial charge < -0.3 is 31.1 Å². The molecule has 38 heavy (non-hydrogen) atoms. The maximum atomic E-state index is 15.1. The van der Waals surface area contributed by atoms with Crippen LogP contribution in [0.15, 0.2) is 24.0 Å². The number of carbonyl (C=O) groups is 3. The molecular formula is C21H27F4N9O4. The van der Waals surface area contributed by atoms with Crippen LogP contribution in [0.3, 0.4) is 0 Å². The summed E-state index contributed by atoms with van der Waals surface area (Å²) in [6.45, 7) is 0.655. The van der Waals surface area contributed by atoms with Gasteiger partial charge in [-0.05, 0) is 0 Å². The maximum Gasteiger partial charge on any atom is 0.414 e. The normalized spacial score (nSPS) is 19.6. The highest BCUT2D eigenvalue weighted by Gasteiger charge is 2.34. The number of amides is 3. The standard InChI is InChI=1S/C21H27F4N9O4/c22-15-5-13(33-11-14(38-21(33)37)9-27-20(36)19(24)25)6-16(23)18(15)32-2-1-29-34(4-3-32)17(35)10-26-7-12-8-28-31-30-12/h5-6,8,14,19,26,28-31H,1-4,7,9-11H2,(H,27,36)/t14-/m0/s1. The molecule has 0 bridgehead atoms. The summed E-state index contributed by atoms with van der Waals surface area (Å²) in [6.07, 6.45) is -3.41. The number of carbonyl (C=O) groups excluding carboxylic acids is 3. The lowest BCUT2D eigenvalue weighted by Crippen LogP contribution is -2.47. The smallest absolute Gasteiger partial charge is 0.414 e. The fourth-order valence-corrected chi connectivity index (χ4v) is 4.08. The molecule has 0 radical (unpaired) electrons. The van der Waals surface area contributed by atoms with Gasteiger partial charge in [0, 0.05) is 44.5 Å². The van der Waals surface area contributed by atoms with Crippen molar-refractivity contribution in [1.29, 1.82) is 0 Å². The Hall–Kier alpha value is -3.83. The second-order valence-electron chi connectivity index (χ2n) is 8.53. The highest BCUT2D eigenvalue weighted by atomic mass is 19.3. The summed E-state index contributed by atoms with van der Waals surface area (Å²) in [6, 6.07) is 1.95. The van der Waals surface area contributed by atoms with E-state index < -0.39 is 36.2 Å². The molecular weight excluding hydrogens is 518 g/mol. The molecule has 3 aliphatic rings. The van der Waals surface area contributed by atoms with Crippen LogP contribution in [0, 0.1) is 11.6 Å². The molecule has 6 N–H and O–H groups in total. The van der Waals surface area contributed by atoms with Crippen LogP contribution in [0.4, 0.5) is 33.7 Å². The summed E-state index contributed by atoms with van der Waals surface area (Å²) >= 11 is 0. The van der Waals surface area contributed by atoms with E-state index in [1.54, 1.807) is 6.20 Å². The zero-order chi connectivity index (χ0) is 27.2. The van der Waals surface area contributed by atoms with Crippen molar-refractivity contribution in [2.24, 2.45) is 0 Å². The van der Waals surface area contributed by atoms with Crippen LogP contribution in [0.5, 0.6) is 0 Å². The third-order valence-electron chi connectivity index (χ3n) is 5.92. The lowest BCUT2D eigenvalue weighted by atomic mass is 10.2. The molecule has 0 aromatic heterocycles. The molecule has 0 aliphatic carbocycles. The predicted molar refractivity (Wildman–Crippen MR) is 125 cm³/mol. The van der Waals surface area contributed by atoms with E-state index in [1.165, 1.54) is 9.91 Å². The summed E-state index contributed by atoms with van der Waals surface area (Å²) < 4.78 is 59.8. The molecule has 0 saturated carbocycles. The van der Waals surface area contributed by atoms with Crippen LogP contribution in [0.2, 0.25) is 0 Å². The van der Waals surface area contributed by atoms with Gasteiger partial charge in [-0.2, -0.15) is 14.3 Å². The molecule has 13 nitrogen and oxygen atoms in total. The summed E-state index contributed by atoms with van der Waals surface area (Å²) in [5, 5.41) is 6.32. The molecule has 1 aromatic carbocycles. The van der Waals surface area contributed by atoms with Crippen LogP contribution in [0.25, 0.3) is 0 Å². The number of hydrogen-bond acceptors (Lipinski definition) is 10. The minimum atomic E-state index is -3.22. The number of hydrogen-bond donors (Lipinski definition) is 6. The van der Waals surface area contributed by atoms with E-state index in [1.807, 2.05) is 5.32 Å². The van der Waals surface area contributed by atoms with Gasteiger partial charge in [-0.25, -0.2) is 19.0 Å². The van der Waals surface area contributed by atoms with Crippen molar-refractivity contribution < 1.29 is 36.7 Å². The predicted octanol–water partition coefficient (Wildman–Crippen LogP) is -1.13. The van der Waals surface area contributed by atoms with Crippen LogP contribution >= 0.6 is 0 Å². The van der Waals surface area contributed by atoms with Gasteiger partial charge in [0.25, 0.3) is 11.8 Å². The molecule has 208 valence electrons. The number of nitrogens with zero attached hydrogens (tertiary/aromatic N) is 3. The number of benzene rings is 1. The Labute approximate surface area is 214 Å². The Bertz CT molecular complexity index is 1070. The van der Waals surface area contributed by atoms with Crippen molar-refractivity contribution in [1.82, 2.24) is 37.5 Å². The number of alkyl halides is 2. The van der Waals surface area contributed by atoms with E-state index >= 15 is 8.78 Å². The third kappa shape index (κ3) is 6.53. The van der Waals surface area contributed by atoms with Crippen LogP contribution in [0.1, 0.15) is 0 Å². The molecule has 17 heteroatoms. The summed E-state index contributed by atoms with van der Waals surface area (Å²) in [5.74, 6) is -3.61. The number of hydrazine groups is 3. The van der Waals surface area contributed by atoms with Crippen molar-refractivity contribution in [3.05, 3.63) is 35.7 Å². The van der Waals surface area contributed by atoms with Gasteiger partial charge in [-0.15, -0.1) is 0 Å². The molecule has 3 aliphatic heterocycles. The zero-order valence-corrected chi connectivity index (χ0v) is 20.0. The molecule has 1 aromatic rings. The van der Waals surface area contributed by atoms with E-state index in [4.69, 9.17) is 4.74 Å². The molecule has 2 fully saturated rings. The lowest BCUT2D eigenvalue weighted by Gasteiger charge is -2.25. The molecule has 0 unspecified atom stereocenters. The largest absolute Gasteiger partial charge is 0.442 e. The monoisotopic (exact) mass is 545 g/mol. The van der Waals surface area contributed by atoms with Crippen molar-refractivity contribution >= 4 is 29.3 Å². The van der Waals surface area contributed by atoms with Gasteiger partial charge >= 0.3 is 12.5 Å². The van der Waals surface area contributed by atoms with E-state index in [2.05, 4.69) is 27.1 Å². The van der Waals surface area contributed by atoms with E-state index in [-0.39, 0.29) is 63.1 Å².